The maximum atomic E-state index is 14.1. The summed E-state index contributed by atoms with van der Waals surface area (Å²) in [6, 6.07) is 1.69. The number of aromatic carboxylic acids is 1. The zero-order valence-corrected chi connectivity index (χ0v) is 25.4. The summed E-state index contributed by atoms with van der Waals surface area (Å²) in [4.78, 5) is 41.6. The third-order valence-corrected chi connectivity index (χ3v) is 9.57. The molecular weight excluding hydrogens is 524 g/mol. The van der Waals surface area contributed by atoms with Gasteiger partial charge in [0.25, 0.3) is 0 Å². The van der Waals surface area contributed by atoms with Crippen molar-refractivity contribution in [2.75, 3.05) is 4.90 Å². The molecule has 40 heavy (non-hydrogen) atoms. The highest BCUT2D eigenvalue weighted by Gasteiger charge is 2.38. The lowest BCUT2D eigenvalue weighted by molar-refractivity contribution is -0.124. The average molecular weight is 571 g/mol. The standard InChI is InChI=1S/C32H46N2O5S/c1-21-10-12-22(13-11-21)29(35)34(27-20-26(18-19-32(2,3)4)40-28(27)30(36)37)24-16-14-23(15-17-24)33-31(38)39-25-8-6-5-7-9-25/h20-25H,5-17H2,1-4H3,(H,33,38)(H,36,37). The second-order valence-corrected chi connectivity index (χ2v) is 14.2. The molecule has 3 saturated carbocycles. The largest absolute Gasteiger partial charge is 0.477 e. The molecule has 0 atom stereocenters. The van der Waals surface area contributed by atoms with Crippen LogP contribution >= 0.6 is 11.3 Å². The fourth-order valence-electron chi connectivity index (χ4n) is 6.24. The summed E-state index contributed by atoms with van der Waals surface area (Å²) < 4.78 is 5.66. The van der Waals surface area contributed by atoms with Crippen molar-refractivity contribution in [3.05, 3.63) is 15.8 Å². The summed E-state index contributed by atoms with van der Waals surface area (Å²) in [6.45, 7) is 8.28. The maximum Gasteiger partial charge on any atom is 0.407 e. The van der Waals surface area contributed by atoms with Crippen LogP contribution in [-0.2, 0) is 9.53 Å². The lowest BCUT2D eigenvalue weighted by Crippen LogP contribution is -2.49. The Balaban J connectivity index is 1.52. The maximum absolute atomic E-state index is 14.1. The van der Waals surface area contributed by atoms with Gasteiger partial charge in [0.05, 0.1) is 10.6 Å². The zero-order chi connectivity index (χ0) is 28.9. The molecule has 0 spiro atoms. The summed E-state index contributed by atoms with van der Waals surface area (Å²) in [7, 11) is 0. The van der Waals surface area contributed by atoms with E-state index < -0.39 is 5.97 Å². The van der Waals surface area contributed by atoms with Crippen LogP contribution in [-0.4, -0.2) is 41.3 Å². The van der Waals surface area contributed by atoms with Crippen molar-refractivity contribution >= 4 is 35.0 Å². The van der Waals surface area contributed by atoms with Gasteiger partial charge in [-0.1, -0.05) is 25.2 Å². The highest BCUT2D eigenvalue weighted by molar-refractivity contribution is 7.15. The highest BCUT2D eigenvalue weighted by atomic mass is 32.1. The Hall–Kier alpha value is -2.53. The summed E-state index contributed by atoms with van der Waals surface area (Å²) in [5.74, 6) is 5.88. The minimum Gasteiger partial charge on any atom is -0.477 e. The molecule has 0 bridgehead atoms. The smallest absolute Gasteiger partial charge is 0.407 e. The van der Waals surface area contributed by atoms with Crippen molar-refractivity contribution in [2.24, 2.45) is 17.3 Å². The number of carbonyl (C=O) groups excluding carboxylic acids is 2. The number of nitrogens with one attached hydrogen (secondary N) is 1. The predicted octanol–water partition coefficient (Wildman–Crippen LogP) is 7.37. The third kappa shape index (κ3) is 8.25. The third-order valence-electron chi connectivity index (χ3n) is 8.54. The number of rotatable bonds is 6. The van der Waals surface area contributed by atoms with Gasteiger partial charge in [-0.3, -0.25) is 4.79 Å². The predicted molar refractivity (Wildman–Crippen MR) is 159 cm³/mol. The topological polar surface area (TPSA) is 95.9 Å². The van der Waals surface area contributed by atoms with Gasteiger partial charge >= 0.3 is 12.1 Å². The molecule has 7 nitrogen and oxygen atoms in total. The first kappa shape index (κ1) is 30.4. The van der Waals surface area contributed by atoms with Crippen LogP contribution in [0.3, 0.4) is 0 Å². The Morgan fingerprint density at radius 3 is 2.23 bits per heavy atom. The van der Waals surface area contributed by atoms with E-state index in [0.717, 1.165) is 75.5 Å². The van der Waals surface area contributed by atoms with Crippen molar-refractivity contribution < 1.29 is 24.2 Å². The van der Waals surface area contributed by atoms with Crippen molar-refractivity contribution in [1.29, 1.82) is 0 Å². The second-order valence-electron chi connectivity index (χ2n) is 13.1. The van der Waals surface area contributed by atoms with Crippen molar-refractivity contribution in [3.63, 3.8) is 0 Å². The van der Waals surface area contributed by atoms with Gasteiger partial charge in [-0.2, -0.15) is 0 Å². The number of carbonyl (C=O) groups is 3. The Bertz CT molecular complexity index is 1100. The molecule has 1 aromatic heterocycles. The summed E-state index contributed by atoms with van der Waals surface area (Å²) >= 11 is 1.15. The average Bonchev–Trinajstić information content (AvgIpc) is 3.33. The first-order valence-electron chi connectivity index (χ1n) is 15.2. The van der Waals surface area contributed by atoms with E-state index in [1.54, 1.807) is 4.90 Å². The van der Waals surface area contributed by atoms with E-state index in [9.17, 15) is 19.5 Å². The first-order valence-corrected chi connectivity index (χ1v) is 16.0. The van der Waals surface area contributed by atoms with E-state index in [0.29, 0.717) is 29.3 Å². The van der Waals surface area contributed by atoms with E-state index in [-0.39, 0.29) is 46.4 Å². The van der Waals surface area contributed by atoms with Gasteiger partial charge in [-0.25, -0.2) is 9.59 Å². The highest BCUT2D eigenvalue weighted by Crippen LogP contribution is 2.39. The molecule has 8 heteroatoms. The van der Waals surface area contributed by atoms with Gasteiger partial charge in [-0.05, 0) is 110 Å². The number of amides is 2. The quantitative estimate of drug-likeness (QED) is 0.348. The van der Waals surface area contributed by atoms with Crippen LogP contribution in [0, 0.1) is 29.1 Å². The number of thiophene rings is 1. The minimum atomic E-state index is -1.03. The Morgan fingerprint density at radius 1 is 0.975 bits per heavy atom. The lowest BCUT2D eigenvalue weighted by atomic mass is 9.81. The van der Waals surface area contributed by atoms with E-state index in [4.69, 9.17) is 4.74 Å². The van der Waals surface area contributed by atoms with E-state index in [1.807, 2.05) is 26.8 Å². The van der Waals surface area contributed by atoms with Crippen LogP contribution in [0.25, 0.3) is 0 Å². The minimum absolute atomic E-state index is 0.00513. The normalized spacial score (nSPS) is 25.8. The van der Waals surface area contributed by atoms with E-state index in [2.05, 4.69) is 24.1 Å². The Labute approximate surface area is 243 Å². The molecule has 4 rings (SSSR count). The Morgan fingerprint density at radius 2 is 1.62 bits per heavy atom. The molecule has 0 aromatic carbocycles. The van der Waals surface area contributed by atoms with Gasteiger partial charge in [0.15, 0.2) is 0 Å². The molecule has 2 N–H and O–H groups in total. The number of hydrogen-bond donors (Lipinski definition) is 2. The molecule has 1 aromatic rings. The first-order chi connectivity index (χ1) is 19.0. The molecule has 220 valence electrons. The molecule has 3 aliphatic carbocycles. The van der Waals surface area contributed by atoms with Gasteiger partial charge in [0.2, 0.25) is 5.91 Å². The van der Waals surface area contributed by atoms with Crippen LogP contribution in [0.15, 0.2) is 6.07 Å². The van der Waals surface area contributed by atoms with Crippen molar-refractivity contribution in [2.45, 2.75) is 129 Å². The molecule has 3 fully saturated rings. The number of nitrogens with zero attached hydrogens (tertiary/aromatic N) is 1. The van der Waals surface area contributed by atoms with Gasteiger partial charge in [0.1, 0.15) is 11.0 Å². The van der Waals surface area contributed by atoms with Crippen molar-refractivity contribution in [3.8, 4) is 11.8 Å². The SMILES string of the molecule is CC1CCC(C(=O)N(c2cc(C#CC(C)(C)C)sc2C(=O)O)C2CCC(NC(=O)OC3CCCCC3)CC2)CC1. The summed E-state index contributed by atoms with van der Waals surface area (Å²) in [5, 5.41) is 13.2. The monoisotopic (exact) mass is 570 g/mol. The molecule has 0 unspecified atom stereocenters. The number of alkyl carbamates (subject to hydrolysis) is 1. The molecule has 1 heterocycles. The Kier molecular flexibility index (Phi) is 10.2. The molecule has 0 radical (unpaired) electrons. The van der Waals surface area contributed by atoms with Crippen LogP contribution in [0.4, 0.5) is 10.5 Å². The number of carboxylic acid groups (broad SMARTS) is 1. The number of anilines is 1. The van der Waals surface area contributed by atoms with Gasteiger partial charge < -0.3 is 20.1 Å². The fraction of sp³-hybridized carbons (Fsp3) is 0.719. The van der Waals surface area contributed by atoms with E-state index >= 15 is 0 Å². The van der Waals surface area contributed by atoms with E-state index in [1.165, 1.54) is 6.42 Å². The number of carboxylic acids is 1. The van der Waals surface area contributed by atoms with Crippen molar-refractivity contribution in [1.82, 2.24) is 5.32 Å². The van der Waals surface area contributed by atoms with Gasteiger partial charge in [-0.15, -0.1) is 11.3 Å². The molecule has 0 saturated heterocycles. The van der Waals surface area contributed by atoms with Gasteiger partial charge in [0, 0.05) is 23.4 Å². The molecule has 3 aliphatic rings. The summed E-state index contributed by atoms with van der Waals surface area (Å²) in [6.07, 6.45) is 11.5. The lowest BCUT2D eigenvalue weighted by Gasteiger charge is -2.39. The zero-order valence-electron chi connectivity index (χ0n) is 24.6. The second kappa shape index (κ2) is 13.4. The van der Waals surface area contributed by atoms with Crippen LogP contribution < -0.4 is 10.2 Å². The van der Waals surface area contributed by atoms with Crippen LogP contribution in [0.5, 0.6) is 0 Å². The number of ether oxygens (including phenoxy) is 1. The molecule has 2 amide bonds. The van der Waals surface area contributed by atoms with Crippen LogP contribution in [0.2, 0.25) is 0 Å². The van der Waals surface area contributed by atoms with Crippen LogP contribution in [0.1, 0.15) is 126 Å². The number of hydrogen-bond acceptors (Lipinski definition) is 5. The molecular formula is C32H46N2O5S. The summed E-state index contributed by atoms with van der Waals surface area (Å²) in [5.41, 5.74) is 0.262. The fourth-order valence-corrected chi connectivity index (χ4v) is 7.08. The molecule has 0 aliphatic heterocycles.